The van der Waals surface area contributed by atoms with Crippen LogP contribution in [-0.2, 0) is 4.74 Å². The second-order valence-corrected chi connectivity index (χ2v) is 5.30. The van der Waals surface area contributed by atoms with Crippen LogP contribution in [0, 0.1) is 5.92 Å². The average Bonchev–Trinajstić information content (AvgIpc) is 2.83. The van der Waals surface area contributed by atoms with Crippen LogP contribution in [0.2, 0.25) is 0 Å². The van der Waals surface area contributed by atoms with Crippen LogP contribution in [0.1, 0.15) is 12.8 Å². The van der Waals surface area contributed by atoms with Crippen LogP contribution < -0.4 is 5.32 Å². The lowest BCUT2D eigenvalue weighted by Gasteiger charge is -2.28. The molecule has 0 aromatic rings. The molecule has 2 aliphatic rings. The molecule has 17 heavy (non-hydrogen) atoms. The Bertz CT molecular complexity index is 207. The first kappa shape index (κ1) is 13.3. The van der Waals surface area contributed by atoms with Crippen molar-refractivity contribution in [2.24, 2.45) is 5.92 Å². The number of likely N-dealkylation sites (tertiary alicyclic amines) is 1. The summed E-state index contributed by atoms with van der Waals surface area (Å²) in [4.78, 5) is 5.17. The van der Waals surface area contributed by atoms with E-state index in [1.807, 2.05) is 7.05 Å². The van der Waals surface area contributed by atoms with Gasteiger partial charge in [0.05, 0.1) is 13.2 Å². The lowest BCUT2D eigenvalue weighted by atomic mass is 10.1. The van der Waals surface area contributed by atoms with E-state index in [2.05, 4.69) is 15.1 Å². The van der Waals surface area contributed by atoms with E-state index in [0.717, 1.165) is 32.2 Å². The lowest BCUT2D eigenvalue weighted by molar-refractivity contribution is 0.0342. The van der Waals surface area contributed by atoms with E-state index in [0.29, 0.717) is 0 Å². The first-order valence-corrected chi connectivity index (χ1v) is 7.05. The maximum atomic E-state index is 5.37. The van der Waals surface area contributed by atoms with E-state index in [9.17, 15) is 0 Å². The fourth-order valence-electron chi connectivity index (χ4n) is 2.81. The molecule has 0 aliphatic carbocycles. The molecule has 0 bridgehead atoms. The molecule has 2 rings (SSSR count). The van der Waals surface area contributed by atoms with Gasteiger partial charge in [0.1, 0.15) is 0 Å². The van der Waals surface area contributed by atoms with Crippen molar-refractivity contribution in [2.45, 2.75) is 12.8 Å². The zero-order valence-electron chi connectivity index (χ0n) is 11.2. The fraction of sp³-hybridized carbons (Fsp3) is 1.00. The van der Waals surface area contributed by atoms with Gasteiger partial charge in [0.25, 0.3) is 0 Å². The summed E-state index contributed by atoms with van der Waals surface area (Å²) in [5.74, 6) is 0.923. The second kappa shape index (κ2) is 7.31. The van der Waals surface area contributed by atoms with Crippen LogP contribution in [-0.4, -0.2) is 75.9 Å². The molecule has 2 saturated heterocycles. The highest BCUT2D eigenvalue weighted by atomic mass is 16.5. The van der Waals surface area contributed by atoms with Crippen molar-refractivity contribution in [1.29, 1.82) is 0 Å². The number of morpholine rings is 1. The van der Waals surface area contributed by atoms with Crippen LogP contribution in [0.15, 0.2) is 0 Å². The number of ether oxygens (including phenoxy) is 1. The number of rotatable bonds is 6. The third kappa shape index (κ3) is 4.54. The SMILES string of the molecule is CNCCC1CCN(CCN2CCOCC2)C1. The first-order valence-electron chi connectivity index (χ1n) is 7.05. The summed E-state index contributed by atoms with van der Waals surface area (Å²) in [6, 6.07) is 0. The Hall–Kier alpha value is -0.160. The predicted octanol–water partition coefficient (Wildman–Crippen LogP) is 0.250. The molecule has 2 aliphatic heterocycles. The zero-order chi connectivity index (χ0) is 11.9. The summed E-state index contributed by atoms with van der Waals surface area (Å²) in [5, 5.41) is 3.25. The molecule has 0 radical (unpaired) electrons. The van der Waals surface area contributed by atoms with Gasteiger partial charge in [-0.2, -0.15) is 0 Å². The van der Waals surface area contributed by atoms with E-state index >= 15 is 0 Å². The maximum absolute atomic E-state index is 5.37. The van der Waals surface area contributed by atoms with E-state index in [1.54, 1.807) is 0 Å². The summed E-state index contributed by atoms with van der Waals surface area (Å²) in [6.07, 6.45) is 2.73. The molecule has 0 aromatic carbocycles. The highest BCUT2D eigenvalue weighted by Crippen LogP contribution is 2.18. The van der Waals surface area contributed by atoms with Crippen molar-refractivity contribution in [1.82, 2.24) is 15.1 Å². The largest absolute Gasteiger partial charge is 0.379 e. The molecule has 1 unspecified atom stereocenters. The summed E-state index contributed by atoms with van der Waals surface area (Å²) in [5.41, 5.74) is 0. The van der Waals surface area contributed by atoms with Gasteiger partial charge in [-0.25, -0.2) is 0 Å². The van der Waals surface area contributed by atoms with Crippen molar-refractivity contribution in [3.63, 3.8) is 0 Å². The maximum Gasteiger partial charge on any atom is 0.0594 e. The molecule has 100 valence electrons. The Balaban J connectivity index is 1.57. The summed E-state index contributed by atoms with van der Waals surface area (Å²) in [6.45, 7) is 10.3. The fourth-order valence-corrected chi connectivity index (χ4v) is 2.81. The molecule has 1 atom stereocenters. The van der Waals surface area contributed by atoms with Crippen LogP contribution in [0.3, 0.4) is 0 Å². The molecule has 4 nitrogen and oxygen atoms in total. The quantitative estimate of drug-likeness (QED) is 0.721. The molecule has 0 saturated carbocycles. The summed E-state index contributed by atoms with van der Waals surface area (Å²) < 4.78 is 5.37. The van der Waals surface area contributed by atoms with Crippen LogP contribution in [0.4, 0.5) is 0 Å². The van der Waals surface area contributed by atoms with E-state index < -0.39 is 0 Å². The van der Waals surface area contributed by atoms with Crippen LogP contribution >= 0.6 is 0 Å². The van der Waals surface area contributed by atoms with Gasteiger partial charge in [0.2, 0.25) is 0 Å². The third-order valence-corrected chi connectivity index (χ3v) is 4.01. The number of hydrogen-bond acceptors (Lipinski definition) is 4. The van der Waals surface area contributed by atoms with Crippen molar-refractivity contribution >= 4 is 0 Å². The van der Waals surface area contributed by atoms with Gasteiger partial charge in [0.15, 0.2) is 0 Å². The molecule has 1 N–H and O–H groups in total. The zero-order valence-corrected chi connectivity index (χ0v) is 11.2. The van der Waals surface area contributed by atoms with Crippen molar-refractivity contribution in [3.05, 3.63) is 0 Å². The van der Waals surface area contributed by atoms with Gasteiger partial charge in [-0.1, -0.05) is 0 Å². The molecule has 0 amide bonds. The minimum Gasteiger partial charge on any atom is -0.379 e. The minimum atomic E-state index is 0.921. The normalized spacial score (nSPS) is 27.7. The van der Waals surface area contributed by atoms with E-state index in [4.69, 9.17) is 4.74 Å². The molecular formula is C13H27N3O. The summed E-state index contributed by atoms with van der Waals surface area (Å²) >= 11 is 0. The Kier molecular flexibility index (Phi) is 5.71. The van der Waals surface area contributed by atoms with Gasteiger partial charge in [-0.15, -0.1) is 0 Å². The first-order chi connectivity index (χ1) is 8.38. The molecule has 2 fully saturated rings. The van der Waals surface area contributed by atoms with Crippen molar-refractivity contribution < 1.29 is 4.74 Å². The van der Waals surface area contributed by atoms with Gasteiger partial charge >= 0.3 is 0 Å². The lowest BCUT2D eigenvalue weighted by Crippen LogP contribution is -2.41. The smallest absolute Gasteiger partial charge is 0.0594 e. The predicted molar refractivity (Wildman–Crippen MR) is 70.3 cm³/mol. The highest BCUT2D eigenvalue weighted by Gasteiger charge is 2.22. The number of hydrogen-bond donors (Lipinski definition) is 1. The average molecular weight is 241 g/mol. The van der Waals surface area contributed by atoms with Crippen LogP contribution in [0.5, 0.6) is 0 Å². The standard InChI is InChI=1S/C13H27N3O/c1-14-4-2-13-3-5-16(12-13)7-6-15-8-10-17-11-9-15/h13-14H,2-12H2,1H3. The van der Waals surface area contributed by atoms with Gasteiger partial charge in [0, 0.05) is 32.7 Å². The Morgan fingerprint density at radius 1 is 1.12 bits per heavy atom. The van der Waals surface area contributed by atoms with Crippen LogP contribution in [0.25, 0.3) is 0 Å². The highest BCUT2D eigenvalue weighted by molar-refractivity contribution is 4.77. The molecule has 4 heteroatoms. The molecule has 0 aromatic heterocycles. The molecular weight excluding hydrogens is 214 g/mol. The van der Waals surface area contributed by atoms with Gasteiger partial charge in [-0.05, 0) is 38.9 Å². The third-order valence-electron chi connectivity index (χ3n) is 4.01. The van der Waals surface area contributed by atoms with E-state index in [1.165, 1.54) is 45.6 Å². The number of nitrogens with zero attached hydrogens (tertiary/aromatic N) is 2. The minimum absolute atomic E-state index is 0.921. The summed E-state index contributed by atoms with van der Waals surface area (Å²) in [7, 11) is 2.05. The molecule has 2 heterocycles. The topological polar surface area (TPSA) is 27.7 Å². The van der Waals surface area contributed by atoms with Crippen molar-refractivity contribution in [2.75, 3.05) is 66.1 Å². The molecule has 0 spiro atoms. The Morgan fingerprint density at radius 2 is 1.88 bits per heavy atom. The number of nitrogens with one attached hydrogen (secondary N) is 1. The van der Waals surface area contributed by atoms with Gasteiger partial charge in [-0.3, -0.25) is 4.90 Å². The van der Waals surface area contributed by atoms with E-state index in [-0.39, 0.29) is 0 Å². The van der Waals surface area contributed by atoms with Crippen molar-refractivity contribution in [3.8, 4) is 0 Å². The Labute approximate surface area is 105 Å². The monoisotopic (exact) mass is 241 g/mol. The Morgan fingerprint density at radius 3 is 2.65 bits per heavy atom. The van der Waals surface area contributed by atoms with Gasteiger partial charge < -0.3 is 15.0 Å². The second-order valence-electron chi connectivity index (χ2n) is 5.30.